The lowest BCUT2D eigenvalue weighted by molar-refractivity contribution is -0.132. The first-order chi connectivity index (χ1) is 12.1. The van der Waals surface area contributed by atoms with Gasteiger partial charge in [0.2, 0.25) is 5.91 Å². The first-order valence-corrected chi connectivity index (χ1v) is 8.71. The summed E-state index contributed by atoms with van der Waals surface area (Å²) in [5, 5.41) is 7.63. The molecule has 0 unspecified atom stereocenters. The average Bonchev–Trinajstić information content (AvgIpc) is 3.04. The summed E-state index contributed by atoms with van der Waals surface area (Å²) >= 11 is 5.87. The minimum absolute atomic E-state index is 0.0663. The van der Waals surface area contributed by atoms with Crippen LogP contribution in [0.1, 0.15) is 40.7 Å². The van der Waals surface area contributed by atoms with Gasteiger partial charge in [0.05, 0.1) is 6.61 Å². The molecule has 1 N–H and O–H groups in total. The van der Waals surface area contributed by atoms with Crippen LogP contribution in [0.25, 0.3) is 0 Å². The van der Waals surface area contributed by atoms with Gasteiger partial charge in [0.25, 0.3) is 0 Å². The predicted octanol–water partition coefficient (Wildman–Crippen LogP) is 2.76. The van der Waals surface area contributed by atoms with Crippen LogP contribution in [0.3, 0.4) is 0 Å². The van der Waals surface area contributed by atoms with Gasteiger partial charge in [0, 0.05) is 42.2 Å². The first kappa shape index (κ1) is 17.5. The third kappa shape index (κ3) is 4.02. The molecule has 3 rings (SSSR count). The molecule has 2 heterocycles. The highest BCUT2D eigenvalue weighted by Gasteiger charge is 2.28. The van der Waals surface area contributed by atoms with Crippen LogP contribution in [-0.4, -0.2) is 40.1 Å². The zero-order chi connectivity index (χ0) is 17.8. The molecule has 0 saturated carbocycles. The van der Waals surface area contributed by atoms with Crippen molar-refractivity contribution in [2.45, 2.75) is 32.7 Å². The summed E-state index contributed by atoms with van der Waals surface area (Å²) in [6.45, 7) is 3.06. The number of carbonyl (C=O) groups excluding carboxylic acids is 2. The first-order valence-electron chi connectivity index (χ1n) is 8.34. The van der Waals surface area contributed by atoms with Crippen LogP contribution in [0.4, 0.5) is 0 Å². The Kier molecular flexibility index (Phi) is 5.38. The maximum atomic E-state index is 12.5. The Labute approximate surface area is 151 Å². The Morgan fingerprint density at radius 1 is 1.32 bits per heavy atom. The molecular formula is C18H20ClN3O3. The molecule has 0 aliphatic carbocycles. The van der Waals surface area contributed by atoms with Crippen molar-refractivity contribution in [3.8, 4) is 0 Å². The SMILES string of the molecule is CCOC(=O)c1n[nH]c2c1CN(C(=O)CCc1ccc(Cl)cc1)CC2. The van der Waals surface area contributed by atoms with Gasteiger partial charge in [0.1, 0.15) is 0 Å². The van der Waals surface area contributed by atoms with Crippen LogP contribution >= 0.6 is 11.6 Å². The van der Waals surface area contributed by atoms with Crippen molar-refractivity contribution in [2.75, 3.05) is 13.2 Å². The van der Waals surface area contributed by atoms with E-state index in [0.29, 0.717) is 44.0 Å². The Hall–Kier alpha value is -2.34. The van der Waals surface area contributed by atoms with Gasteiger partial charge in [-0.05, 0) is 31.0 Å². The lowest BCUT2D eigenvalue weighted by atomic mass is 10.0. The van der Waals surface area contributed by atoms with Crippen LogP contribution in [-0.2, 0) is 28.9 Å². The van der Waals surface area contributed by atoms with E-state index in [2.05, 4.69) is 10.2 Å². The summed E-state index contributed by atoms with van der Waals surface area (Å²) in [6.07, 6.45) is 1.74. The van der Waals surface area contributed by atoms with Crippen molar-refractivity contribution in [3.05, 3.63) is 51.8 Å². The van der Waals surface area contributed by atoms with Crippen LogP contribution in [0, 0.1) is 0 Å². The molecule has 0 atom stereocenters. The van der Waals surface area contributed by atoms with Crippen molar-refractivity contribution in [1.29, 1.82) is 0 Å². The van der Waals surface area contributed by atoms with Gasteiger partial charge >= 0.3 is 5.97 Å². The van der Waals surface area contributed by atoms with E-state index in [1.807, 2.05) is 24.3 Å². The lowest BCUT2D eigenvalue weighted by Crippen LogP contribution is -2.36. The maximum absolute atomic E-state index is 12.5. The number of halogens is 1. The van der Waals surface area contributed by atoms with Gasteiger partial charge < -0.3 is 9.64 Å². The molecule has 0 saturated heterocycles. The molecule has 2 aromatic rings. The molecule has 0 spiro atoms. The largest absolute Gasteiger partial charge is 0.461 e. The molecule has 0 radical (unpaired) electrons. The number of hydrogen-bond donors (Lipinski definition) is 1. The number of benzene rings is 1. The average molecular weight is 362 g/mol. The number of aromatic amines is 1. The number of rotatable bonds is 5. The molecule has 25 heavy (non-hydrogen) atoms. The number of amides is 1. The summed E-state index contributed by atoms with van der Waals surface area (Å²) in [5.41, 5.74) is 3.03. The van der Waals surface area contributed by atoms with E-state index >= 15 is 0 Å². The van der Waals surface area contributed by atoms with Gasteiger partial charge in [-0.25, -0.2) is 4.79 Å². The topological polar surface area (TPSA) is 75.3 Å². The van der Waals surface area contributed by atoms with Crippen LogP contribution in [0.2, 0.25) is 5.02 Å². The fourth-order valence-electron chi connectivity index (χ4n) is 2.94. The number of ether oxygens (including phenoxy) is 1. The van der Waals surface area contributed by atoms with Gasteiger partial charge in [-0.1, -0.05) is 23.7 Å². The van der Waals surface area contributed by atoms with E-state index in [4.69, 9.17) is 16.3 Å². The van der Waals surface area contributed by atoms with E-state index in [9.17, 15) is 9.59 Å². The second-order valence-electron chi connectivity index (χ2n) is 5.94. The van der Waals surface area contributed by atoms with E-state index in [0.717, 1.165) is 16.8 Å². The number of esters is 1. The van der Waals surface area contributed by atoms with Gasteiger partial charge in [-0.2, -0.15) is 5.10 Å². The van der Waals surface area contributed by atoms with E-state index in [-0.39, 0.29) is 11.6 Å². The molecule has 7 heteroatoms. The monoisotopic (exact) mass is 361 g/mol. The zero-order valence-electron chi connectivity index (χ0n) is 14.0. The number of carbonyl (C=O) groups is 2. The standard InChI is InChI=1S/C18H20ClN3O3/c1-2-25-18(24)17-14-11-22(10-9-15(14)20-21-17)16(23)8-5-12-3-6-13(19)7-4-12/h3-4,6-7H,2,5,8-11H2,1H3,(H,20,21). The fraction of sp³-hybridized carbons (Fsp3) is 0.389. The molecule has 0 bridgehead atoms. The summed E-state index contributed by atoms with van der Waals surface area (Å²) < 4.78 is 5.03. The molecule has 1 aromatic carbocycles. The van der Waals surface area contributed by atoms with E-state index in [1.165, 1.54) is 0 Å². The molecule has 0 fully saturated rings. The van der Waals surface area contributed by atoms with E-state index in [1.54, 1.807) is 11.8 Å². The minimum Gasteiger partial charge on any atom is -0.461 e. The van der Waals surface area contributed by atoms with Crippen LogP contribution in [0.5, 0.6) is 0 Å². The maximum Gasteiger partial charge on any atom is 0.359 e. The van der Waals surface area contributed by atoms with Crippen molar-refractivity contribution in [3.63, 3.8) is 0 Å². The number of hydrogen-bond acceptors (Lipinski definition) is 4. The number of nitrogens with zero attached hydrogens (tertiary/aromatic N) is 2. The third-order valence-electron chi connectivity index (χ3n) is 4.30. The molecule has 1 aliphatic rings. The second kappa shape index (κ2) is 7.70. The third-order valence-corrected chi connectivity index (χ3v) is 4.55. The molecule has 1 aliphatic heterocycles. The Balaban J connectivity index is 1.63. The summed E-state index contributed by atoms with van der Waals surface area (Å²) in [7, 11) is 0. The zero-order valence-corrected chi connectivity index (χ0v) is 14.8. The smallest absolute Gasteiger partial charge is 0.359 e. The number of aromatic nitrogens is 2. The molecular weight excluding hydrogens is 342 g/mol. The van der Waals surface area contributed by atoms with Crippen molar-refractivity contribution in [1.82, 2.24) is 15.1 Å². The highest BCUT2D eigenvalue weighted by atomic mass is 35.5. The number of fused-ring (bicyclic) bond motifs is 1. The Morgan fingerprint density at radius 3 is 2.80 bits per heavy atom. The summed E-state index contributed by atoms with van der Waals surface area (Å²) in [4.78, 5) is 26.3. The molecule has 1 aromatic heterocycles. The van der Waals surface area contributed by atoms with Crippen molar-refractivity contribution in [2.24, 2.45) is 0 Å². The molecule has 6 nitrogen and oxygen atoms in total. The lowest BCUT2D eigenvalue weighted by Gasteiger charge is -2.27. The van der Waals surface area contributed by atoms with Gasteiger partial charge in [-0.15, -0.1) is 0 Å². The normalized spacial score (nSPS) is 13.4. The van der Waals surface area contributed by atoms with Crippen LogP contribution in [0.15, 0.2) is 24.3 Å². The Morgan fingerprint density at radius 2 is 2.08 bits per heavy atom. The van der Waals surface area contributed by atoms with Crippen molar-refractivity contribution < 1.29 is 14.3 Å². The molecule has 132 valence electrons. The highest BCUT2D eigenvalue weighted by Crippen LogP contribution is 2.22. The summed E-state index contributed by atoms with van der Waals surface area (Å²) in [6, 6.07) is 7.51. The number of H-pyrrole nitrogens is 1. The molecule has 1 amide bonds. The number of aryl methyl sites for hydroxylation is 1. The predicted molar refractivity (Wildman–Crippen MR) is 93.4 cm³/mol. The highest BCUT2D eigenvalue weighted by molar-refractivity contribution is 6.30. The fourth-order valence-corrected chi connectivity index (χ4v) is 3.06. The van der Waals surface area contributed by atoms with Gasteiger partial charge in [-0.3, -0.25) is 9.89 Å². The number of nitrogens with one attached hydrogen (secondary N) is 1. The quantitative estimate of drug-likeness (QED) is 0.831. The second-order valence-corrected chi connectivity index (χ2v) is 6.38. The van der Waals surface area contributed by atoms with Gasteiger partial charge in [0.15, 0.2) is 5.69 Å². The van der Waals surface area contributed by atoms with Crippen molar-refractivity contribution >= 4 is 23.5 Å². The Bertz CT molecular complexity index is 770. The minimum atomic E-state index is -0.449. The van der Waals surface area contributed by atoms with E-state index < -0.39 is 5.97 Å². The van der Waals surface area contributed by atoms with Crippen LogP contribution < -0.4 is 0 Å². The summed E-state index contributed by atoms with van der Waals surface area (Å²) in [5.74, 6) is -0.382.